The van der Waals surface area contributed by atoms with E-state index in [0.717, 1.165) is 50.2 Å². The number of aryl methyl sites for hydroxylation is 1. The highest BCUT2D eigenvalue weighted by Crippen LogP contribution is 2.22. The van der Waals surface area contributed by atoms with Gasteiger partial charge in [-0.25, -0.2) is 14.5 Å². The van der Waals surface area contributed by atoms with E-state index in [0.29, 0.717) is 39.7 Å². The van der Waals surface area contributed by atoms with Crippen LogP contribution in [0.5, 0.6) is 0 Å². The number of aromatic nitrogens is 7. The van der Waals surface area contributed by atoms with Crippen molar-refractivity contribution in [3.05, 3.63) is 112 Å². The van der Waals surface area contributed by atoms with Crippen molar-refractivity contribution < 1.29 is 4.79 Å². The molecule has 254 valence electrons. The minimum absolute atomic E-state index is 0.0504. The van der Waals surface area contributed by atoms with Crippen LogP contribution in [-0.4, -0.2) is 77.5 Å². The van der Waals surface area contributed by atoms with Gasteiger partial charge >= 0.3 is 0 Å². The first-order valence-corrected chi connectivity index (χ1v) is 16.8. The molecular weight excluding hydrogens is 630 g/mol. The van der Waals surface area contributed by atoms with Crippen molar-refractivity contribution in [2.45, 2.75) is 38.3 Å². The van der Waals surface area contributed by atoms with Gasteiger partial charge in [0.25, 0.3) is 11.5 Å². The lowest BCUT2D eigenvalue weighted by Crippen LogP contribution is -2.42. The fourth-order valence-electron chi connectivity index (χ4n) is 6.63. The topological polar surface area (TPSA) is 153 Å². The minimum atomic E-state index is -0.699. The zero-order chi connectivity index (χ0) is 34.8. The summed E-state index contributed by atoms with van der Waals surface area (Å²) in [6, 6.07) is 16.3. The highest BCUT2D eigenvalue weighted by molar-refractivity contribution is 6.04. The van der Waals surface area contributed by atoms with Crippen LogP contribution in [0.1, 0.15) is 58.8 Å². The molecule has 13 heteroatoms. The minimum Gasteiger partial charge on any atom is -0.381 e. The summed E-state index contributed by atoms with van der Waals surface area (Å²) in [5, 5.41) is 15.5. The number of piperidine rings is 1. The second kappa shape index (κ2) is 13.9. The van der Waals surface area contributed by atoms with Gasteiger partial charge in [0.15, 0.2) is 11.5 Å². The summed E-state index contributed by atoms with van der Waals surface area (Å²) in [5.41, 5.74) is 9.83. The van der Waals surface area contributed by atoms with Crippen molar-refractivity contribution in [1.82, 2.24) is 49.5 Å². The number of nitrogen functional groups attached to an aromatic ring is 1. The van der Waals surface area contributed by atoms with Crippen molar-refractivity contribution in [2.24, 2.45) is 7.05 Å². The number of carbonyl (C=O) groups excluding carboxylic acids is 1. The standard InChI is InChI=1S/C37H39N11O2/c1-24(42-36(49)32-33(38)44-47-19-8-18-40-35(32)47)34-43-29-12-7-9-25(31(29)37(50)48(34)28-10-5-4-6-11-28)13-14-26-23-41-45(3)30(26)17-22-46-20-15-27(39-2)16-21-46/h4-12,18-19,23-24,27,39H,15-17,20-22H2,1-3H3,(H2,38,44)(H,42,49). The summed E-state index contributed by atoms with van der Waals surface area (Å²) >= 11 is 0. The number of rotatable bonds is 8. The SMILES string of the molecule is CNC1CCN(CCc2c(C#Cc3cccc4nc(C(C)NC(=O)c5c(N)nn6cccnc56)n(-c5ccccc5)c(=O)c34)cnn2C)CC1. The van der Waals surface area contributed by atoms with Gasteiger partial charge < -0.3 is 21.3 Å². The number of hydrogen-bond acceptors (Lipinski definition) is 9. The molecule has 0 spiro atoms. The third-order valence-electron chi connectivity index (χ3n) is 9.38. The fourth-order valence-corrected chi connectivity index (χ4v) is 6.63. The monoisotopic (exact) mass is 669 g/mol. The molecule has 1 aliphatic rings. The van der Waals surface area contributed by atoms with Gasteiger partial charge in [-0.15, -0.1) is 5.10 Å². The van der Waals surface area contributed by atoms with Crippen LogP contribution < -0.4 is 21.9 Å². The summed E-state index contributed by atoms with van der Waals surface area (Å²) in [6.45, 7) is 4.84. The van der Waals surface area contributed by atoms with Gasteiger partial charge in [-0.05, 0) is 70.2 Å². The molecule has 6 aromatic rings. The zero-order valence-corrected chi connectivity index (χ0v) is 28.3. The number of nitrogens with two attached hydrogens (primary N) is 1. The number of amides is 1. The van der Waals surface area contributed by atoms with Gasteiger partial charge in [-0.1, -0.05) is 36.1 Å². The summed E-state index contributed by atoms with van der Waals surface area (Å²) in [5.74, 6) is 6.51. The first-order chi connectivity index (χ1) is 24.3. The molecule has 0 saturated carbocycles. The number of likely N-dealkylation sites (tertiary alicyclic amines) is 1. The molecule has 5 heterocycles. The average Bonchev–Trinajstić information content (AvgIpc) is 3.67. The number of nitrogens with zero attached hydrogens (tertiary/aromatic N) is 8. The Kier molecular flexibility index (Phi) is 9.12. The number of fused-ring (bicyclic) bond motifs is 2. The summed E-state index contributed by atoms with van der Waals surface area (Å²) in [7, 11) is 3.97. The summed E-state index contributed by atoms with van der Waals surface area (Å²) < 4.78 is 4.87. The molecule has 7 rings (SSSR count). The van der Waals surface area contributed by atoms with Gasteiger partial charge in [0.1, 0.15) is 11.4 Å². The Balaban J connectivity index is 1.23. The maximum atomic E-state index is 14.5. The molecule has 1 unspecified atom stereocenters. The molecule has 0 aliphatic carbocycles. The van der Waals surface area contributed by atoms with E-state index in [1.165, 1.54) is 9.08 Å². The second-order valence-electron chi connectivity index (χ2n) is 12.5. The molecule has 1 fully saturated rings. The third kappa shape index (κ3) is 6.34. The Morgan fingerprint density at radius 2 is 1.84 bits per heavy atom. The number of carbonyl (C=O) groups is 1. The largest absolute Gasteiger partial charge is 0.381 e. The predicted octanol–water partition coefficient (Wildman–Crippen LogP) is 2.86. The molecule has 13 nitrogen and oxygen atoms in total. The molecule has 1 aliphatic heterocycles. The molecule has 2 aromatic carbocycles. The average molecular weight is 670 g/mol. The van der Waals surface area contributed by atoms with Gasteiger partial charge in [0.05, 0.1) is 40.1 Å². The molecule has 4 N–H and O–H groups in total. The molecule has 1 saturated heterocycles. The van der Waals surface area contributed by atoms with Crippen molar-refractivity contribution in [3.8, 4) is 17.5 Å². The lowest BCUT2D eigenvalue weighted by atomic mass is 10.0. The van der Waals surface area contributed by atoms with E-state index in [4.69, 9.17) is 10.7 Å². The normalized spacial score (nSPS) is 14.5. The summed E-state index contributed by atoms with van der Waals surface area (Å²) in [6.07, 6.45) is 8.14. The molecule has 1 amide bonds. The van der Waals surface area contributed by atoms with Crippen LogP contribution in [0.4, 0.5) is 5.82 Å². The van der Waals surface area contributed by atoms with Crippen LogP contribution in [-0.2, 0) is 13.5 Å². The predicted molar refractivity (Wildman–Crippen MR) is 192 cm³/mol. The van der Waals surface area contributed by atoms with Gasteiger partial charge in [0, 0.05) is 44.0 Å². The molecule has 4 aromatic heterocycles. The Hall–Kier alpha value is -5.84. The lowest BCUT2D eigenvalue weighted by Gasteiger charge is -2.31. The van der Waals surface area contributed by atoms with E-state index in [9.17, 15) is 9.59 Å². The van der Waals surface area contributed by atoms with E-state index in [-0.39, 0.29) is 16.9 Å². The Labute approximate surface area is 289 Å². The zero-order valence-electron chi connectivity index (χ0n) is 28.3. The number of anilines is 1. The van der Waals surface area contributed by atoms with Gasteiger partial charge in [-0.2, -0.15) is 5.10 Å². The third-order valence-corrected chi connectivity index (χ3v) is 9.38. The first kappa shape index (κ1) is 32.7. The van der Waals surface area contributed by atoms with Crippen LogP contribution in [0.3, 0.4) is 0 Å². The lowest BCUT2D eigenvalue weighted by molar-refractivity contribution is 0.0940. The van der Waals surface area contributed by atoms with E-state index >= 15 is 0 Å². The van der Waals surface area contributed by atoms with Crippen LogP contribution in [0.15, 0.2) is 78.0 Å². The van der Waals surface area contributed by atoms with Crippen molar-refractivity contribution in [3.63, 3.8) is 0 Å². The van der Waals surface area contributed by atoms with Crippen LogP contribution in [0, 0.1) is 11.8 Å². The van der Waals surface area contributed by atoms with Crippen molar-refractivity contribution >= 4 is 28.3 Å². The van der Waals surface area contributed by atoms with E-state index in [1.807, 2.05) is 61.2 Å². The smallest absolute Gasteiger partial charge is 0.267 e. The Morgan fingerprint density at radius 3 is 2.62 bits per heavy atom. The maximum absolute atomic E-state index is 14.5. The Morgan fingerprint density at radius 1 is 1.06 bits per heavy atom. The van der Waals surface area contributed by atoms with Crippen molar-refractivity contribution in [2.75, 3.05) is 32.4 Å². The molecule has 0 radical (unpaired) electrons. The van der Waals surface area contributed by atoms with Crippen LogP contribution >= 0.6 is 0 Å². The number of hydrogen-bond donors (Lipinski definition) is 3. The first-order valence-electron chi connectivity index (χ1n) is 16.8. The number of para-hydroxylation sites is 1. The summed E-state index contributed by atoms with van der Waals surface area (Å²) in [4.78, 5) is 39.8. The van der Waals surface area contributed by atoms with Crippen LogP contribution in [0.2, 0.25) is 0 Å². The fraction of sp³-hybridized carbons (Fsp3) is 0.297. The molecule has 0 bridgehead atoms. The maximum Gasteiger partial charge on any atom is 0.267 e. The van der Waals surface area contributed by atoms with E-state index in [1.54, 1.807) is 37.6 Å². The highest BCUT2D eigenvalue weighted by Gasteiger charge is 2.25. The van der Waals surface area contributed by atoms with E-state index in [2.05, 4.69) is 42.6 Å². The van der Waals surface area contributed by atoms with Crippen molar-refractivity contribution in [1.29, 1.82) is 0 Å². The van der Waals surface area contributed by atoms with Crippen LogP contribution in [0.25, 0.3) is 22.2 Å². The Bertz CT molecular complexity index is 2310. The quantitative estimate of drug-likeness (QED) is 0.208. The highest BCUT2D eigenvalue weighted by atomic mass is 16.2. The van der Waals surface area contributed by atoms with E-state index < -0.39 is 11.9 Å². The molecule has 50 heavy (non-hydrogen) atoms. The second-order valence-corrected chi connectivity index (χ2v) is 12.5. The van der Waals surface area contributed by atoms with Gasteiger partial charge in [0.2, 0.25) is 0 Å². The number of benzene rings is 2. The number of nitrogens with one attached hydrogen (secondary N) is 2. The molecule has 1 atom stereocenters. The molecular formula is C37H39N11O2. The van der Waals surface area contributed by atoms with Gasteiger partial charge in [-0.3, -0.25) is 18.8 Å².